The van der Waals surface area contributed by atoms with Gasteiger partial charge in [0.1, 0.15) is 11.6 Å². The first-order valence-electron chi connectivity index (χ1n) is 5.60. The summed E-state index contributed by atoms with van der Waals surface area (Å²) < 4.78 is 39.0. The van der Waals surface area contributed by atoms with Crippen molar-refractivity contribution in [3.05, 3.63) is 52.1 Å². The zero-order valence-electron chi connectivity index (χ0n) is 10.3. The number of halogens is 4. The molecule has 0 fully saturated rings. The number of amides is 1. The number of alkyl halides is 3. The topological polar surface area (TPSA) is 62.2 Å². The Morgan fingerprint density at radius 2 is 1.95 bits per heavy atom. The van der Waals surface area contributed by atoms with Crippen LogP contribution in [0.15, 0.2) is 41.0 Å². The van der Waals surface area contributed by atoms with Gasteiger partial charge in [-0.3, -0.25) is 4.79 Å². The molecule has 8 heteroatoms. The molecule has 1 aromatic carbocycles. The highest BCUT2D eigenvalue weighted by atomic mass is 79.9. The van der Waals surface area contributed by atoms with Crippen LogP contribution in [0.4, 0.5) is 19.0 Å². The number of hydrogen-bond acceptors (Lipinski definition) is 3. The molecule has 0 aliphatic heterocycles. The first kappa shape index (κ1) is 15.3. The van der Waals surface area contributed by atoms with E-state index in [1.165, 1.54) is 18.2 Å². The second-order valence-electron chi connectivity index (χ2n) is 4.04. The van der Waals surface area contributed by atoms with Crippen LogP contribution in [-0.4, -0.2) is 16.0 Å². The normalized spacial score (nSPS) is 11.2. The molecule has 0 aliphatic carbocycles. The third kappa shape index (κ3) is 3.72. The highest BCUT2D eigenvalue weighted by molar-refractivity contribution is 9.10. The number of nitrogens with one attached hydrogen (secondary N) is 1. The zero-order chi connectivity index (χ0) is 15.6. The zero-order valence-corrected chi connectivity index (χ0v) is 11.9. The van der Waals surface area contributed by atoms with E-state index in [-0.39, 0.29) is 11.6 Å². The maximum atomic E-state index is 12.9. The Bertz CT molecular complexity index is 672. The molecule has 0 radical (unpaired) electrons. The largest absolute Gasteiger partial charge is 0.506 e. The molecule has 1 aromatic heterocycles. The number of aromatic nitrogens is 1. The second kappa shape index (κ2) is 5.72. The molecular formula is C13H8BrF3N2O2. The predicted molar refractivity (Wildman–Crippen MR) is 73.0 cm³/mol. The minimum Gasteiger partial charge on any atom is -0.506 e. The van der Waals surface area contributed by atoms with Crippen molar-refractivity contribution >= 4 is 27.7 Å². The van der Waals surface area contributed by atoms with Gasteiger partial charge in [-0.2, -0.15) is 13.2 Å². The molecule has 2 aromatic rings. The smallest absolute Gasteiger partial charge is 0.417 e. The van der Waals surface area contributed by atoms with E-state index in [9.17, 15) is 18.0 Å². The van der Waals surface area contributed by atoms with E-state index in [4.69, 9.17) is 5.11 Å². The summed E-state index contributed by atoms with van der Waals surface area (Å²) in [6, 6.07) is 5.65. The van der Waals surface area contributed by atoms with Crippen LogP contribution in [0, 0.1) is 0 Å². The summed E-state index contributed by atoms with van der Waals surface area (Å²) >= 11 is 3.03. The van der Waals surface area contributed by atoms with Gasteiger partial charge in [-0.05, 0) is 30.3 Å². The fourth-order valence-corrected chi connectivity index (χ4v) is 1.96. The maximum absolute atomic E-state index is 12.9. The van der Waals surface area contributed by atoms with E-state index in [1.807, 2.05) is 0 Å². The maximum Gasteiger partial charge on any atom is 0.417 e. The van der Waals surface area contributed by atoms with Crippen LogP contribution < -0.4 is 5.32 Å². The van der Waals surface area contributed by atoms with Gasteiger partial charge >= 0.3 is 6.18 Å². The molecule has 1 heterocycles. The average molecular weight is 361 g/mol. The fourth-order valence-electron chi connectivity index (χ4n) is 1.60. The number of nitrogens with zero attached hydrogens (tertiary/aromatic N) is 1. The van der Waals surface area contributed by atoms with Gasteiger partial charge in [0.25, 0.3) is 5.91 Å². The average Bonchev–Trinajstić information content (AvgIpc) is 2.40. The van der Waals surface area contributed by atoms with Crippen molar-refractivity contribution in [2.75, 3.05) is 5.32 Å². The molecule has 0 saturated carbocycles. The number of pyridine rings is 1. The van der Waals surface area contributed by atoms with Crippen molar-refractivity contribution in [1.29, 1.82) is 0 Å². The Balaban J connectivity index is 2.34. The van der Waals surface area contributed by atoms with Crippen LogP contribution in [0.1, 0.15) is 15.9 Å². The van der Waals surface area contributed by atoms with Gasteiger partial charge in [0.2, 0.25) is 0 Å². The van der Waals surface area contributed by atoms with Crippen LogP contribution in [0.5, 0.6) is 5.75 Å². The molecule has 2 rings (SSSR count). The molecule has 0 unspecified atom stereocenters. The van der Waals surface area contributed by atoms with Crippen molar-refractivity contribution in [2.45, 2.75) is 6.18 Å². The van der Waals surface area contributed by atoms with E-state index in [2.05, 4.69) is 26.2 Å². The number of carbonyl (C=O) groups excluding carboxylic acids is 1. The van der Waals surface area contributed by atoms with Crippen LogP contribution in [0.2, 0.25) is 0 Å². The number of carbonyl (C=O) groups is 1. The highest BCUT2D eigenvalue weighted by Gasteiger charge is 2.35. The first-order chi connectivity index (χ1) is 9.77. The van der Waals surface area contributed by atoms with Crippen molar-refractivity contribution in [3.63, 3.8) is 0 Å². The summed E-state index contributed by atoms with van der Waals surface area (Å²) in [5.74, 6) is -1.03. The SMILES string of the molecule is O=C(Nc1ccc(O)cn1)c1cc(Br)ccc1C(F)(F)F. The predicted octanol–water partition coefficient (Wildman–Crippen LogP) is 3.82. The Labute approximate surface area is 125 Å². The fraction of sp³-hybridized carbons (Fsp3) is 0.0769. The first-order valence-corrected chi connectivity index (χ1v) is 6.40. The third-order valence-corrected chi connectivity index (χ3v) is 3.01. The summed E-state index contributed by atoms with van der Waals surface area (Å²) in [4.78, 5) is 15.7. The molecule has 110 valence electrons. The van der Waals surface area contributed by atoms with Crippen LogP contribution in [0.3, 0.4) is 0 Å². The number of rotatable bonds is 2. The monoisotopic (exact) mass is 360 g/mol. The van der Waals surface area contributed by atoms with Gasteiger partial charge in [-0.1, -0.05) is 15.9 Å². The van der Waals surface area contributed by atoms with Gasteiger partial charge in [-0.15, -0.1) is 0 Å². The van der Waals surface area contributed by atoms with Crippen LogP contribution in [0.25, 0.3) is 0 Å². The molecule has 0 bridgehead atoms. The summed E-state index contributed by atoms with van der Waals surface area (Å²) in [5.41, 5.74) is -1.56. The lowest BCUT2D eigenvalue weighted by molar-refractivity contribution is -0.137. The number of benzene rings is 1. The molecule has 4 nitrogen and oxygen atoms in total. The molecular weight excluding hydrogens is 353 g/mol. The number of hydrogen-bond donors (Lipinski definition) is 2. The lowest BCUT2D eigenvalue weighted by Crippen LogP contribution is -2.19. The lowest BCUT2D eigenvalue weighted by Gasteiger charge is -2.13. The number of aromatic hydroxyl groups is 1. The van der Waals surface area contributed by atoms with Gasteiger partial charge in [0, 0.05) is 4.47 Å². The Morgan fingerprint density at radius 3 is 2.52 bits per heavy atom. The van der Waals surface area contributed by atoms with Crippen LogP contribution in [-0.2, 0) is 6.18 Å². The van der Waals surface area contributed by atoms with Gasteiger partial charge in [-0.25, -0.2) is 4.98 Å². The minimum absolute atomic E-state index is 0.0332. The van der Waals surface area contributed by atoms with Crippen molar-refractivity contribution < 1.29 is 23.1 Å². The van der Waals surface area contributed by atoms with E-state index in [0.29, 0.717) is 4.47 Å². The Hall–Kier alpha value is -2.09. The quantitative estimate of drug-likeness (QED) is 0.855. The molecule has 0 saturated heterocycles. The van der Waals surface area contributed by atoms with Gasteiger partial charge in [0.05, 0.1) is 17.3 Å². The van der Waals surface area contributed by atoms with E-state index in [1.54, 1.807) is 0 Å². The van der Waals surface area contributed by atoms with Crippen molar-refractivity contribution in [3.8, 4) is 5.75 Å². The Morgan fingerprint density at radius 1 is 1.24 bits per heavy atom. The summed E-state index contributed by atoms with van der Waals surface area (Å²) in [5, 5.41) is 11.3. The van der Waals surface area contributed by atoms with E-state index < -0.39 is 23.2 Å². The second-order valence-corrected chi connectivity index (χ2v) is 4.96. The highest BCUT2D eigenvalue weighted by Crippen LogP contribution is 2.33. The van der Waals surface area contributed by atoms with Crippen molar-refractivity contribution in [2.24, 2.45) is 0 Å². The molecule has 0 aliphatic rings. The standard InChI is InChI=1S/C13H8BrF3N2O2/c14-7-1-3-10(13(15,16)17)9(5-7)12(21)19-11-4-2-8(20)6-18-11/h1-6,20H,(H,18,19,21). The minimum atomic E-state index is -4.64. The molecule has 0 atom stereocenters. The molecule has 21 heavy (non-hydrogen) atoms. The van der Waals surface area contributed by atoms with Crippen molar-refractivity contribution in [1.82, 2.24) is 4.98 Å². The van der Waals surface area contributed by atoms with Gasteiger partial charge in [0.15, 0.2) is 0 Å². The molecule has 2 N–H and O–H groups in total. The van der Waals surface area contributed by atoms with E-state index >= 15 is 0 Å². The van der Waals surface area contributed by atoms with Gasteiger partial charge < -0.3 is 10.4 Å². The summed E-state index contributed by atoms with van der Waals surface area (Å²) in [6.07, 6.45) is -3.57. The Kier molecular flexibility index (Phi) is 4.17. The van der Waals surface area contributed by atoms with Crippen LogP contribution >= 0.6 is 15.9 Å². The molecule has 0 spiro atoms. The third-order valence-electron chi connectivity index (χ3n) is 2.52. The number of anilines is 1. The summed E-state index contributed by atoms with van der Waals surface area (Å²) in [7, 11) is 0. The lowest BCUT2D eigenvalue weighted by atomic mass is 10.1. The van der Waals surface area contributed by atoms with E-state index in [0.717, 1.165) is 18.3 Å². The molecule has 1 amide bonds. The summed E-state index contributed by atoms with van der Waals surface area (Å²) in [6.45, 7) is 0.